The Morgan fingerprint density at radius 3 is 3.00 bits per heavy atom. The highest BCUT2D eigenvalue weighted by molar-refractivity contribution is 5.85. The predicted octanol–water partition coefficient (Wildman–Crippen LogP) is 0.648. The maximum atomic E-state index is 11.2. The Bertz CT molecular complexity index is 547. The van der Waals surface area contributed by atoms with Gasteiger partial charge in [0, 0.05) is 23.5 Å². The van der Waals surface area contributed by atoms with Gasteiger partial charge in [0.2, 0.25) is 0 Å². The van der Waals surface area contributed by atoms with Gasteiger partial charge in [-0.25, -0.2) is 9.59 Å². The molecule has 1 heterocycles. The average Bonchev–Trinajstić information content (AvgIpc) is 2.73. The van der Waals surface area contributed by atoms with E-state index in [1.165, 1.54) is 0 Å². The van der Waals surface area contributed by atoms with Gasteiger partial charge in [-0.3, -0.25) is 0 Å². The minimum atomic E-state index is -0.865. The SMILES string of the molecule is N[C@@H](Cc1c[nH]c2ccccc12)C(=O)O[C]=O. The van der Waals surface area contributed by atoms with Crippen molar-refractivity contribution in [3.05, 3.63) is 36.0 Å². The van der Waals surface area contributed by atoms with Crippen LogP contribution in [0.5, 0.6) is 0 Å². The van der Waals surface area contributed by atoms with E-state index in [9.17, 15) is 9.59 Å². The van der Waals surface area contributed by atoms with Crippen molar-refractivity contribution in [3.63, 3.8) is 0 Å². The number of nitrogens with one attached hydrogen (secondary N) is 1. The van der Waals surface area contributed by atoms with E-state index in [0.29, 0.717) is 6.42 Å². The van der Waals surface area contributed by atoms with Crippen LogP contribution in [-0.4, -0.2) is 23.5 Å². The molecular formula is C12H11N2O3. The van der Waals surface area contributed by atoms with Crippen LogP contribution in [0.3, 0.4) is 0 Å². The Balaban J connectivity index is 2.18. The van der Waals surface area contributed by atoms with Crippen LogP contribution in [0.15, 0.2) is 30.5 Å². The molecule has 1 aromatic carbocycles. The highest BCUT2D eigenvalue weighted by atomic mass is 16.6. The van der Waals surface area contributed by atoms with E-state index in [1.807, 2.05) is 24.3 Å². The molecule has 0 spiro atoms. The van der Waals surface area contributed by atoms with Crippen LogP contribution < -0.4 is 5.73 Å². The number of ether oxygens (including phenoxy) is 1. The smallest absolute Gasteiger partial charge is 0.383 e. The Hall–Kier alpha value is -2.14. The molecule has 0 aliphatic carbocycles. The van der Waals surface area contributed by atoms with E-state index in [2.05, 4.69) is 9.72 Å². The average molecular weight is 231 g/mol. The number of H-pyrrole nitrogens is 1. The predicted molar refractivity (Wildman–Crippen MR) is 61.8 cm³/mol. The van der Waals surface area contributed by atoms with Gasteiger partial charge in [-0.05, 0) is 11.6 Å². The number of carbonyl (C=O) groups excluding carboxylic acids is 2. The van der Waals surface area contributed by atoms with Gasteiger partial charge < -0.3 is 15.5 Å². The number of fused-ring (bicyclic) bond motifs is 1. The summed E-state index contributed by atoms with van der Waals surface area (Å²) in [5, 5.41) is 1.01. The van der Waals surface area contributed by atoms with Crippen molar-refractivity contribution < 1.29 is 14.3 Å². The van der Waals surface area contributed by atoms with Crippen LogP contribution in [-0.2, 0) is 20.7 Å². The molecule has 3 N–H and O–H groups in total. The van der Waals surface area contributed by atoms with Crippen LogP contribution in [0, 0.1) is 0 Å². The number of nitrogens with two attached hydrogens (primary N) is 1. The largest absolute Gasteiger partial charge is 0.425 e. The Labute approximate surface area is 97.6 Å². The molecule has 0 unspecified atom stereocenters. The molecule has 0 aliphatic rings. The first-order valence-electron chi connectivity index (χ1n) is 5.11. The fourth-order valence-corrected chi connectivity index (χ4v) is 1.74. The molecule has 5 heteroatoms. The zero-order chi connectivity index (χ0) is 12.3. The molecule has 1 aromatic heterocycles. The van der Waals surface area contributed by atoms with E-state index in [-0.39, 0.29) is 0 Å². The highest BCUT2D eigenvalue weighted by Crippen LogP contribution is 2.18. The summed E-state index contributed by atoms with van der Waals surface area (Å²) in [6, 6.07) is 6.82. The lowest BCUT2D eigenvalue weighted by atomic mass is 10.1. The minimum Gasteiger partial charge on any atom is -0.383 e. The molecule has 87 valence electrons. The van der Waals surface area contributed by atoms with Crippen molar-refractivity contribution in [1.82, 2.24) is 4.98 Å². The van der Waals surface area contributed by atoms with Crippen LogP contribution >= 0.6 is 0 Å². The molecule has 17 heavy (non-hydrogen) atoms. The van der Waals surface area contributed by atoms with Crippen LogP contribution in [0.2, 0.25) is 0 Å². The number of benzene rings is 1. The van der Waals surface area contributed by atoms with Gasteiger partial charge >= 0.3 is 12.4 Å². The van der Waals surface area contributed by atoms with E-state index < -0.39 is 12.0 Å². The molecular weight excluding hydrogens is 220 g/mol. The van der Waals surface area contributed by atoms with Gasteiger partial charge in [-0.15, -0.1) is 0 Å². The second kappa shape index (κ2) is 4.80. The van der Waals surface area contributed by atoms with Gasteiger partial charge in [0.25, 0.3) is 0 Å². The van der Waals surface area contributed by atoms with E-state index >= 15 is 0 Å². The molecule has 0 saturated heterocycles. The first-order valence-corrected chi connectivity index (χ1v) is 5.11. The third kappa shape index (κ3) is 2.34. The number of rotatable bonds is 4. The van der Waals surface area contributed by atoms with Gasteiger partial charge in [-0.1, -0.05) is 18.2 Å². The van der Waals surface area contributed by atoms with E-state index in [1.54, 1.807) is 6.20 Å². The van der Waals surface area contributed by atoms with Crippen molar-refractivity contribution in [2.45, 2.75) is 12.5 Å². The topological polar surface area (TPSA) is 85.2 Å². The fourth-order valence-electron chi connectivity index (χ4n) is 1.74. The summed E-state index contributed by atoms with van der Waals surface area (Å²) < 4.78 is 4.08. The van der Waals surface area contributed by atoms with Crippen LogP contribution in [0.1, 0.15) is 5.56 Å². The minimum absolute atomic E-state index is 0.310. The van der Waals surface area contributed by atoms with Crippen LogP contribution in [0.25, 0.3) is 10.9 Å². The zero-order valence-electron chi connectivity index (χ0n) is 8.97. The first kappa shape index (κ1) is 11.3. The third-order valence-corrected chi connectivity index (χ3v) is 2.56. The number of hydrogen-bond donors (Lipinski definition) is 2. The number of carbonyl (C=O) groups is 1. The normalized spacial score (nSPS) is 12.3. The molecule has 1 atom stereocenters. The van der Waals surface area contributed by atoms with Crippen molar-refractivity contribution in [3.8, 4) is 0 Å². The maximum Gasteiger partial charge on any atom is 0.425 e. The van der Waals surface area contributed by atoms with Gasteiger partial charge in [0.05, 0.1) is 0 Å². The number of hydrogen-bond acceptors (Lipinski definition) is 4. The van der Waals surface area contributed by atoms with Crippen molar-refractivity contribution >= 4 is 23.3 Å². The molecule has 1 radical (unpaired) electrons. The summed E-state index contributed by atoms with van der Waals surface area (Å²) >= 11 is 0. The Morgan fingerprint density at radius 1 is 1.47 bits per heavy atom. The van der Waals surface area contributed by atoms with Crippen molar-refractivity contribution in [2.24, 2.45) is 5.73 Å². The van der Waals surface area contributed by atoms with Gasteiger partial charge in [0.1, 0.15) is 6.04 Å². The summed E-state index contributed by atoms with van der Waals surface area (Å²) in [5.74, 6) is -0.773. The summed E-state index contributed by atoms with van der Waals surface area (Å²) in [4.78, 5) is 24.2. The lowest BCUT2D eigenvalue weighted by Crippen LogP contribution is -2.34. The standard InChI is InChI=1S/C12H11N2O3/c13-10(12(16)17-7-15)5-8-6-14-11-4-2-1-3-9(8)11/h1-4,6,10,14H,5,13H2/t10-/m0/s1. The summed E-state index contributed by atoms with van der Waals surface area (Å²) in [7, 11) is 0. The maximum absolute atomic E-state index is 11.2. The lowest BCUT2D eigenvalue weighted by Gasteiger charge is -2.06. The molecule has 0 amide bonds. The van der Waals surface area contributed by atoms with Gasteiger partial charge in [0.15, 0.2) is 0 Å². The second-order valence-electron chi connectivity index (χ2n) is 3.67. The number of aromatic amines is 1. The Morgan fingerprint density at radius 2 is 2.24 bits per heavy atom. The molecule has 0 bridgehead atoms. The monoisotopic (exact) mass is 231 g/mol. The highest BCUT2D eigenvalue weighted by Gasteiger charge is 2.17. The Kier molecular flexibility index (Phi) is 3.20. The van der Waals surface area contributed by atoms with Crippen molar-refractivity contribution in [1.29, 1.82) is 0 Å². The second-order valence-corrected chi connectivity index (χ2v) is 3.67. The van der Waals surface area contributed by atoms with Crippen molar-refractivity contribution in [2.75, 3.05) is 0 Å². The molecule has 0 saturated carbocycles. The van der Waals surface area contributed by atoms with E-state index in [4.69, 9.17) is 5.73 Å². The molecule has 5 nitrogen and oxygen atoms in total. The molecule has 0 aliphatic heterocycles. The summed E-state index contributed by atoms with van der Waals surface area (Å²) in [6.07, 6.45) is 2.10. The van der Waals surface area contributed by atoms with E-state index in [0.717, 1.165) is 22.9 Å². The third-order valence-electron chi connectivity index (χ3n) is 2.56. The lowest BCUT2D eigenvalue weighted by molar-refractivity contribution is -0.137. The summed E-state index contributed by atoms with van der Waals surface area (Å²) in [6.45, 7) is 1.08. The molecule has 0 fully saturated rings. The number of aromatic nitrogens is 1. The first-order chi connectivity index (χ1) is 8.22. The number of esters is 1. The van der Waals surface area contributed by atoms with Crippen LogP contribution in [0.4, 0.5) is 0 Å². The van der Waals surface area contributed by atoms with Gasteiger partial charge in [-0.2, -0.15) is 0 Å². The quantitative estimate of drug-likeness (QED) is 0.597. The molecule has 2 aromatic rings. The fraction of sp³-hybridized carbons (Fsp3) is 0.167. The number of para-hydroxylation sites is 1. The molecule has 2 rings (SSSR count). The zero-order valence-corrected chi connectivity index (χ0v) is 8.97. The summed E-state index contributed by atoms with van der Waals surface area (Å²) in [5.41, 5.74) is 7.51.